The molecule has 1 aliphatic rings. The van der Waals surface area contributed by atoms with Crippen LogP contribution in [-0.4, -0.2) is 53.4 Å². The summed E-state index contributed by atoms with van der Waals surface area (Å²) in [6, 6.07) is 0.170. The number of likely N-dealkylation sites (tertiary alicyclic amines) is 1. The number of carbonyl (C=O) groups is 1. The van der Waals surface area contributed by atoms with Crippen molar-refractivity contribution in [2.75, 3.05) is 26.7 Å². The average Bonchev–Trinajstić information content (AvgIpc) is 2.97. The number of hydrogen-bond acceptors (Lipinski definition) is 5. The molecule has 1 aromatic rings. The minimum absolute atomic E-state index is 0.165. The molecule has 0 aromatic carbocycles. The average molecular weight is 353 g/mol. The predicted molar refractivity (Wildman–Crippen MR) is 99.9 cm³/mol. The Morgan fingerprint density at radius 2 is 2.12 bits per heavy atom. The summed E-state index contributed by atoms with van der Waals surface area (Å²) in [5, 5.41) is 3.26. The largest absolute Gasteiger partial charge is 0.345 e. The highest BCUT2D eigenvalue weighted by molar-refractivity contribution is 7.09. The van der Waals surface area contributed by atoms with Crippen LogP contribution < -0.4 is 5.73 Å². The van der Waals surface area contributed by atoms with Crippen molar-refractivity contribution in [3.63, 3.8) is 0 Å². The van der Waals surface area contributed by atoms with Gasteiger partial charge in [0.2, 0.25) is 5.91 Å². The van der Waals surface area contributed by atoms with E-state index in [0.29, 0.717) is 5.92 Å². The van der Waals surface area contributed by atoms with Crippen LogP contribution in [0.4, 0.5) is 0 Å². The molecule has 0 radical (unpaired) electrons. The Balaban J connectivity index is 1.73. The highest BCUT2D eigenvalue weighted by Gasteiger charge is 2.27. The van der Waals surface area contributed by atoms with Crippen molar-refractivity contribution in [3.8, 4) is 0 Å². The predicted octanol–water partition coefficient (Wildman–Crippen LogP) is 2.50. The lowest BCUT2D eigenvalue weighted by Gasteiger charge is -2.33. The van der Waals surface area contributed by atoms with E-state index in [1.807, 2.05) is 18.9 Å². The van der Waals surface area contributed by atoms with E-state index in [1.54, 1.807) is 11.3 Å². The molecule has 1 aliphatic heterocycles. The van der Waals surface area contributed by atoms with Gasteiger partial charge in [-0.1, -0.05) is 13.8 Å². The van der Waals surface area contributed by atoms with E-state index in [4.69, 9.17) is 5.73 Å². The van der Waals surface area contributed by atoms with Gasteiger partial charge in [-0.15, -0.1) is 11.3 Å². The highest BCUT2D eigenvalue weighted by atomic mass is 32.1. The fourth-order valence-electron chi connectivity index (χ4n) is 3.15. The molecule has 1 amide bonds. The molecule has 1 aromatic heterocycles. The van der Waals surface area contributed by atoms with Gasteiger partial charge in [-0.25, -0.2) is 4.98 Å². The molecule has 1 fully saturated rings. The van der Waals surface area contributed by atoms with Crippen molar-refractivity contribution in [1.82, 2.24) is 14.8 Å². The zero-order chi connectivity index (χ0) is 17.7. The zero-order valence-corrected chi connectivity index (χ0v) is 16.3. The van der Waals surface area contributed by atoms with E-state index < -0.39 is 0 Å². The SMILES string of the molecule is Cc1nc(CN2CCC(C(=O)N(C)CCC(N)C(C)C)CC2)cs1. The number of carbonyl (C=O) groups excluding carboxylic acids is 1. The molecule has 1 unspecified atom stereocenters. The maximum absolute atomic E-state index is 12.6. The van der Waals surface area contributed by atoms with Gasteiger partial charge in [0.1, 0.15) is 0 Å². The van der Waals surface area contributed by atoms with Gasteiger partial charge < -0.3 is 10.6 Å². The number of piperidine rings is 1. The van der Waals surface area contributed by atoms with E-state index in [1.165, 1.54) is 0 Å². The number of nitrogens with zero attached hydrogens (tertiary/aromatic N) is 3. The van der Waals surface area contributed by atoms with Gasteiger partial charge >= 0.3 is 0 Å². The Labute approximate surface area is 150 Å². The third-order valence-corrected chi connectivity index (χ3v) is 5.84. The van der Waals surface area contributed by atoms with Crippen molar-refractivity contribution in [2.24, 2.45) is 17.6 Å². The van der Waals surface area contributed by atoms with Gasteiger partial charge in [0.15, 0.2) is 0 Å². The van der Waals surface area contributed by atoms with Crippen molar-refractivity contribution in [1.29, 1.82) is 0 Å². The van der Waals surface area contributed by atoms with Gasteiger partial charge in [-0.05, 0) is 45.2 Å². The number of thiazole rings is 1. The normalized spacial score (nSPS) is 18.1. The Hall–Kier alpha value is -0.980. The molecule has 1 saturated heterocycles. The molecule has 24 heavy (non-hydrogen) atoms. The van der Waals surface area contributed by atoms with E-state index >= 15 is 0 Å². The molecule has 1 atom stereocenters. The number of rotatable bonds is 7. The molecule has 6 heteroatoms. The maximum Gasteiger partial charge on any atom is 0.225 e. The minimum Gasteiger partial charge on any atom is -0.345 e. The lowest BCUT2D eigenvalue weighted by molar-refractivity contribution is -0.135. The lowest BCUT2D eigenvalue weighted by atomic mass is 9.95. The van der Waals surface area contributed by atoms with Crippen LogP contribution in [0.3, 0.4) is 0 Å². The van der Waals surface area contributed by atoms with Gasteiger partial charge in [0.05, 0.1) is 10.7 Å². The summed E-state index contributed by atoms with van der Waals surface area (Å²) in [5.74, 6) is 0.917. The topological polar surface area (TPSA) is 62.5 Å². The van der Waals surface area contributed by atoms with E-state index in [0.717, 1.165) is 56.1 Å². The van der Waals surface area contributed by atoms with Gasteiger partial charge in [0, 0.05) is 37.5 Å². The molecule has 0 bridgehead atoms. The first-order valence-electron chi connectivity index (χ1n) is 9.00. The number of nitrogens with two attached hydrogens (primary N) is 1. The van der Waals surface area contributed by atoms with Crippen LogP contribution in [0, 0.1) is 18.8 Å². The molecule has 0 spiro atoms. The van der Waals surface area contributed by atoms with Crippen LogP contribution in [0.1, 0.15) is 43.8 Å². The third-order valence-electron chi connectivity index (χ3n) is 5.02. The monoisotopic (exact) mass is 352 g/mol. The lowest BCUT2D eigenvalue weighted by Crippen LogP contribution is -2.42. The second-order valence-corrected chi connectivity index (χ2v) is 8.43. The number of hydrogen-bond donors (Lipinski definition) is 1. The van der Waals surface area contributed by atoms with Gasteiger partial charge in [0.25, 0.3) is 0 Å². The van der Waals surface area contributed by atoms with Crippen molar-refractivity contribution in [3.05, 3.63) is 16.1 Å². The summed E-state index contributed by atoms with van der Waals surface area (Å²) in [4.78, 5) is 21.4. The standard InChI is InChI=1S/C18H32N4OS/c1-13(2)17(19)7-8-21(4)18(23)15-5-9-22(10-6-15)11-16-12-24-14(3)20-16/h12-13,15,17H,5-11,19H2,1-4H3. The summed E-state index contributed by atoms with van der Waals surface area (Å²) < 4.78 is 0. The van der Waals surface area contributed by atoms with E-state index in [2.05, 4.69) is 29.1 Å². The Bertz CT molecular complexity index is 523. The molecule has 0 aliphatic carbocycles. The molecule has 5 nitrogen and oxygen atoms in total. The van der Waals surface area contributed by atoms with Crippen LogP contribution in [-0.2, 0) is 11.3 Å². The summed E-state index contributed by atoms with van der Waals surface area (Å²) in [6.45, 7) is 9.93. The van der Waals surface area contributed by atoms with Gasteiger partial charge in [-0.2, -0.15) is 0 Å². The fourth-order valence-corrected chi connectivity index (χ4v) is 3.75. The van der Waals surface area contributed by atoms with Crippen LogP contribution in [0.25, 0.3) is 0 Å². The van der Waals surface area contributed by atoms with Crippen LogP contribution in [0.15, 0.2) is 5.38 Å². The van der Waals surface area contributed by atoms with Crippen molar-refractivity contribution in [2.45, 2.75) is 52.6 Å². The van der Waals surface area contributed by atoms with Crippen LogP contribution in [0.2, 0.25) is 0 Å². The third kappa shape index (κ3) is 5.53. The molecule has 2 rings (SSSR count). The van der Waals surface area contributed by atoms with Crippen LogP contribution >= 0.6 is 11.3 Å². The second-order valence-electron chi connectivity index (χ2n) is 7.36. The minimum atomic E-state index is 0.165. The second kappa shape index (κ2) is 8.92. The summed E-state index contributed by atoms with van der Waals surface area (Å²) in [5.41, 5.74) is 7.24. The van der Waals surface area contributed by atoms with Crippen LogP contribution in [0.5, 0.6) is 0 Å². The number of aromatic nitrogens is 1. The van der Waals surface area contributed by atoms with E-state index in [9.17, 15) is 4.79 Å². The summed E-state index contributed by atoms with van der Waals surface area (Å²) >= 11 is 1.70. The maximum atomic E-state index is 12.6. The Morgan fingerprint density at radius 1 is 1.46 bits per heavy atom. The highest BCUT2D eigenvalue weighted by Crippen LogP contribution is 2.21. The summed E-state index contributed by atoms with van der Waals surface area (Å²) in [6.07, 6.45) is 2.77. The zero-order valence-electron chi connectivity index (χ0n) is 15.5. The van der Waals surface area contributed by atoms with Crippen molar-refractivity contribution < 1.29 is 4.79 Å². The molecule has 2 heterocycles. The first kappa shape index (κ1) is 19.3. The van der Waals surface area contributed by atoms with Gasteiger partial charge in [-0.3, -0.25) is 9.69 Å². The molecular formula is C18H32N4OS. The number of aryl methyl sites for hydroxylation is 1. The van der Waals surface area contributed by atoms with E-state index in [-0.39, 0.29) is 17.9 Å². The molecule has 136 valence electrons. The number of amides is 1. The Morgan fingerprint density at radius 3 is 2.67 bits per heavy atom. The smallest absolute Gasteiger partial charge is 0.225 e. The fraction of sp³-hybridized carbons (Fsp3) is 0.778. The summed E-state index contributed by atoms with van der Waals surface area (Å²) in [7, 11) is 1.92. The Kier molecular flexibility index (Phi) is 7.19. The first-order chi connectivity index (χ1) is 11.4. The molecule has 0 saturated carbocycles. The first-order valence-corrected chi connectivity index (χ1v) is 9.88. The molecular weight excluding hydrogens is 320 g/mol. The van der Waals surface area contributed by atoms with Crippen molar-refractivity contribution >= 4 is 17.2 Å². The molecule has 2 N–H and O–H groups in total. The quantitative estimate of drug-likeness (QED) is 0.819.